The second kappa shape index (κ2) is 12.0. The molecule has 1 aromatic carbocycles. The minimum Gasteiger partial charge on any atom is -0.312 e. The largest absolute Gasteiger partial charge is 0.312 e. The zero-order valence-corrected chi connectivity index (χ0v) is 18.8. The first-order valence-electron chi connectivity index (χ1n) is 11.5. The first-order chi connectivity index (χ1) is 15.0. The fourth-order valence-corrected chi connectivity index (χ4v) is 4.04. The molecule has 2 heterocycles. The van der Waals surface area contributed by atoms with E-state index in [2.05, 4.69) is 37.2 Å². The lowest BCUT2D eigenvalue weighted by atomic mass is 10.1. The van der Waals surface area contributed by atoms with Crippen LogP contribution in [0.2, 0.25) is 0 Å². The Bertz CT molecular complexity index is 665. The summed E-state index contributed by atoms with van der Waals surface area (Å²) in [7, 11) is 0. The molecule has 0 spiro atoms. The second-order valence-corrected chi connectivity index (χ2v) is 8.63. The molecule has 0 radical (unpaired) electrons. The first kappa shape index (κ1) is 24.2. The van der Waals surface area contributed by atoms with Gasteiger partial charge in [-0.2, -0.15) is 0 Å². The van der Waals surface area contributed by atoms with E-state index < -0.39 is 5.66 Å². The summed E-state index contributed by atoms with van der Waals surface area (Å²) in [6.07, 6.45) is 0.532. The lowest BCUT2D eigenvalue weighted by molar-refractivity contribution is 0.0988. The van der Waals surface area contributed by atoms with Gasteiger partial charge in [-0.3, -0.25) is 20.7 Å². The Morgan fingerprint density at radius 1 is 0.871 bits per heavy atom. The van der Waals surface area contributed by atoms with Gasteiger partial charge in [-0.05, 0) is 5.56 Å². The van der Waals surface area contributed by atoms with Crippen LogP contribution in [0.1, 0.15) is 29.3 Å². The summed E-state index contributed by atoms with van der Waals surface area (Å²) in [4.78, 5) is 11.9. The van der Waals surface area contributed by atoms with Gasteiger partial charge in [0.25, 0.3) is 0 Å². The Morgan fingerprint density at radius 3 is 2.00 bits per heavy atom. The van der Waals surface area contributed by atoms with Gasteiger partial charge in [0.15, 0.2) is 5.78 Å². The summed E-state index contributed by atoms with van der Waals surface area (Å²) in [6, 6.07) is 7.93. The Kier molecular flexibility index (Phi) is 9.36. The average Bonchev–Trinajstić information content (AvgIpc) is 2.78. The van der Waals surface area contributed by atoms with Crippen molar-refractivity contribution >= 4 is 5.78 Å². The molecular formula is C22H40N8O. The van der Waals surface area contributed by atoms with Crippen molar-refractivity contribution in [2.45, 2.75) is 31.2 Å². The monoisotopic (exact) mass is 432 g/mol. The maximum atomic E-state index is 11.9. The van der Waals surface area contributed by atoms with Crippen molar-refractivity contribution in [1.29, 1.82) is 0 Å². The van der Waals surface area contributed by atoms with Gasteiger partial charge >= 0.3 is 0 Å². The van der Waals surface area contributed by atoms with Crippen molar-refractivity contribution in [3.05, 3.63) is 35.4 Å². The molecule has 9 N–H and O–H groups in total. The molecule has 0 unspecified atom stereocenters. The fraction of sp³-hybridized carbons (Fsp3) is 0.682. The molecule has 9 nitrogen and oxygen atoms in total. The number of nitrogens with two attached hydrogens (primary N) is 1. The van der Waals surface area contributed by atoms with Gasteiger partial charge < -0.3 is 27.0 Å². The molecule has 1 aromatic rings. The fourth-order valence-electron chi connectivity index (χ4n) is 4.04. The molecule has 2 fully saturated rings. The van der Waals surface area contributed by atoms with Gasteiger partial charge in [0, 0.05) is 84.0 Å². The van der Waals surface area contributed by atoms with E-state index >= 15 is 0 Å². The number of carbonyl (C=O) groups excluding carboxylic acids is 1. The summed E-state index contributed by atoms with van der Waals surface area (Å²) < 4.78 is 0. The Labute approximate surface area is 186 Å². The second-order valence-electron chi connectivity index (χ2n) is 8.63. The minimum atomic E-state index is -0.478. The van der Waals surface area contributed by atoms with E-state index in [0.29, 0.717) is 13.0 Å². The molecule has 174 valence electrons. The molecule has 2 bridgehead atoms. The van der Waals surface area contributed by atoms with Crippen LogP contribution in [0.5, 0.6) is 0 Å². The van der Waals surface area contributed by atoms with Crippen LogP contribution in [0.4, 0.5) is 0 Å². The van der Waals surface area contributed by atoms with Gasteiger partial charge in [-0.15, -0.1) is 0 Å². The molecule has 3 rings (SSSR count). The van der Waals surface area contributed by atoms with Gasteiger partial charge in [0.2, 0.25) is 0 Å². The van der Waals surface area contributed by atoms with Crippen molar-refractivity contribution in [3.63, 3.8) is 0 Å². The maximum Gasteiger partial charge on any atom is 0.162 e. The van der Waals surface area contributed by atoms with Crippen LogP contribution in [0.25, 0.3) is 0 Å². The lowest BCUT2D eigenvalue weighted by Gasteiger charge is -2.39. The van der Waals surface area contributed by atoms with Crippen molar-refractivity contribution in [2.75, 3.05) is 65.4 Å². The normalized spacial score (nSPS) is 29.0. The van der Waals surface area contributed by atoms with Crippen molar-refractivity contribution in [1.82, 2.24) is 37.2 Å². The van der Waals surface area contributed by atoms with E-state index in [1.54, 1.807) is 0 Å². The quantitative estimate of drug-likeness (QED) is 0.257. The number of fused-ring (bicyclic) bond motifs is 5. The van der Waals surface area contributed by atoms with Gasteiger partial charge in [0.05, 0.1) is 11.3 Å². The van der Waals surface area contributed by atoms with Crippen LogP contribution < -0.4 is 43.0 Å². The number of nitrogens with one attached hydrogen (secondary N) is 7. The van der Waals surface area contributed by atoms with Crippen LogP contribution >= 0.6 is 0 Å². The SMILES string of the molecule is CCC(=O)c1ccc(CNC23CNCCNCC(N)(CNCCNC2)NCCN3)cc1. The molecule has 0 aliphatic carbocycles. The number of carbonyl (C=O) groups is 1. The number of benzene rings is 1. The molecule has 2 saturated heterocycles. The third kappa shape index (κ3) is 7.58. The van der Waals surface area contributed by atoms with Gasteiger partial charge in [-0.25, -0.2) is 0 Å². The Morgan fingerprint density at radius 2 is 1.42 bits per heavy atom. The van der Waals surface area contributed by atoms with E-state index in [1.165, 1.54) is 0 Å². The van der Waals surface area contributed by atoms with E-state index in [9.17, 15) is 4.79 Å². The zero-order valence-electron chi connectivity index (χ0n) is 18.8. The van der Waals surface area contributed by atoms with E-state index in [4.69, 9.17) is 5.73 Å². The third-order valence-corrected chi connectivity index (χ3v) is 5.98. The molecule has 2 aliphatic heterocycles. The molecule has 0 aromatic heterocycles. The van der Waals surface area contributed by atoms with E-state index in [-0.39, 0.29) is 11.4 Å². The molecule has 31 heavy (non-hydrogen) atoms. The van der Waals surface area contributed by atoms with Gasteiger partial charge in [-0.1, -0.05) is 31.2 Å². The number of ketones is 1. The maximum absolute atomic E-state index is 11.9. The van der Waals surface area contributed by atoms with Crippen LogP contribution in [0, 0.1) is 0 Å². The van der Waals surface area contributed by atoms with Crippen LogP contribution in [0.15, 0.2) is 24.3 Å². The highest BCUT2D eigenvalue weighted by atomic mass is 16.1. The molecular weight excluding hydrogens is 392 g/mol. The Balaban J connectivity index is 1.70. The molecule has 2 aliphatic rings. The first-order valence-corrected chi connectivity index (χ1v) is 11.5. The lowest BCUT2D eigenvalue weighted by Crippen LogP contribution is -2.71. The smallest absolute Gasteiger partial charge is 0.162 e. The van der Waals surface area contributed by atoms with Crippen LogP contribution in [-0.2, 0) is 6.54 Å². The van der Waals surface area contributed by atoms with Crippen molar-refractivity contribution in [2.24, 2.45) is 5.73 Å². The number of rotatable bonds is 5. The molecule has 0 saturated carbocycles. The molecule has 0 atom stereocenters. The topological polar surface area (TPSA) is 127 Å². The van der Waals surface area contributed by atoms with Crippen molar-refractivity contribution < 1.29 is 4.79 Å². The highest BCUT2D eigenvalue weighted by molar-refractivity contribution is 5.95. The van der Waals surface area contributed by atoms with Crippen LogP contribution in [-0.4, -0.2) is 82.6 Å². The Hall–Kier alpha value is -1.43. The average molecular weight is 433 g/mol. The van der Waals surface area contributed by atoms with Crippen molar-refractivity contribution in [3.8, 4) is 0 Å². The third-order valence-electron chi connectivity index (χ3n) is 5.98. The summed E-state index contributed by atoms with van der Waals surface area (Å²) in [5.41, 5.74) is 7.74. The summed E-state index contributed by atoms with van der Waals surface area (Å²) in [6.45, 7) is 10.6. The summed E-state index contributed by atoms with van der Waals surface area (Å²) in [5.74, 6) is 0.178. The predicted octanol–water partition coefficient (Wildman–Crippen LogP) is -1.71. The summed E-state index contributed by atoms with van der Waals surface area (Å²) in [5, 5.41) is 25.1. The van der Waals surface area contributed by atoms with E-state index in [1.807, 2.05) is 31.2 Å². The molecule has 9 heteroatoms. The minimum absolute atomic E-state index is 0.178. The number of hydrogen-bond donors (Lipinski definition) is 8. The van der Waals surface area contributed by atoms with Crippen LogP contribution in [0.3, 0.4) is 0 Å². The number of Topliss-reactive ketones (excluding diaryl/α,β-unsaturated/α-hetero) is 1. The highest BCUT2D eigenvalue weighted by Crippen LogP contribution is 2.09. The predicted molar refractivity (Wildman–Crippen MR) is 125 cm³/mol. The zero-order chi connectivity index (χ0) is 22.0. The molecule has 0 amide bonds. The van der Waals surface area contributed by atoms with E-state index in [0.717, 1.165) is 76.6 Å². The highest BCUT2D eigenvalue weighted by Gasteiger charge is 2.30. The van der Waals surface area contributed by atoms with Gasteiger partial charge in [0.1, 0.15) is 0 Å². The summed E-state index contributed by atoms with van der Waals surface area (Å²) >= 11 is 0. The standard InChI is InChI=1S/C22H40N8O/c1-2-20(31)19-5-3-18(4-6-19)13-30-22-16-26-9-7-24-14-21(23,28-11-12-29-22)15-25-8-10-27-17-22/h3-6,24-30H,2,7-17,23H2,1H3. The number of hydrogen-bond acceptors (Lipinski definition) is 9.